The van der Waals surface area contributed by atoms with Crippen LogP contribution in [-0.4, -0.2) is 41.2 Å². The Morgan fingerprint density at radius 2 is 1.91 bits per heavy atom. The Morgan fingerprint density at radius 3 is 2.57 bits per heavy atom. The highest BCUT2D eigenvalue weighted by Crippen LogP contribution is 2.28. The summed E-state index contributed by atoms with van der Waals surface area (Å²) in [6.07, 6.45) is 1.58. The highest BCUT2D eigenvalue weighted by Gasteiger charge is 2.25. The second-order valence-electron chi connectivity index (χ2n) is 7.84. The predicted molar refractivity (Wildman–Crippen MR) is 131 cm³/mol. The van der Waals surface area contributed by atoms with Gasteiger partial charge in [0.2, 0.25) is 11.8 Å². The zero-order valence-corrected chi connectivity index (χ0v) is 20.3. The van der Waals surface area contributed by atoms with E-state index >= 15 is 0 Å². The number of anilines is 1. The Kier molecular flexibility index (Phi) is 6.92. The van der Waals surface area contributed by atoms with E-state index in [1.54, 1.807) is 42.3 Å². The van der Waals surface area contributed by atoms with E-state index in [0.29, 0.717) is 28.1 Å². The van der Waals surface area contributed by atoms with E-state index in [0.717, 1.165) is 11.8 Å². The summed E-state index contributed by atoms with van der Waals surface area (Å²) in [5.41, 5.74) is 6.52. The highest BCUT2D eigenvalue weighted by molar-refractivity contribution is 8.00. The minimum absolute atomic E-state index is 0.0716. The number of nitrogens with two attached hydrogens (primary N) is 1. The maximum atomic E-state index is 13.1. The van der Waals surface area contributed by atoms with Gasteiger partial charge in [0.05, 0.1) is 22.9 Å². The van der Waals surface area contributed by atoms with Crippen LogP contribution in [0, 0.1) is 6.92 Å². The van der Waals surface area contributed by atoms with Crippen LogP contribution in [0.2, 0.25) is 0 Å². The summed E-state index contributed by atoms with van der Waals surface area (Å²) in [4.78, 5) is 37.5. The fraction of sp³-hybridized carbons (Fsp3) is 0.261. The van der Waals surface area contributed by atoms with Crippen LogP contribution < -0.4 is 16.6 Å². The van der Waals surface area contributed by atoms with E-state index in [4.69, 9.17) is 10.2 Å². The molecule has 0 aliphatic carbocycles. The third-order valence-corrected chi connectivity index (χ3v) is 6.57. The lowest BCUT2D eigenvalue weighted by atomic mass is 10.3. The number of primary amides is 1. The summed E-state index contributed by atoms with van der Waals surface area (Å²) < 4.78 is 10.3. The average Bonchev–Trinajstić information content (AvgIpc) is 3.55. The molecule has 3 heterocycles. The minimum Gasteiger partial charge on any atom is -0.461 e. The van der Waals surface area contributed by atoms with E-state index in [1.165, 1.54) is 10.9 Å². The van der Waals surface area contributed by atoms with Crippen molar-refractivity contribution < 1.29 is 14.0 Å². The van der Waals surface area contributed by atoms with E-state index in [1.807, 2.05) is 30.3 Å². The first-order valence-corrected chi connectivity index (χ1v) is 11.7. The molecule has 0 aliphatic rings. The van der Waals surface area contributed by atoms with Gasteiger partial charge in [0.1, 0.15) is 5.69 Å². The van der Waals surface area contributed by atoms with Crippen molar-refractivity contribution in [3.8, 4) is 17.3 Å². The first kappa shape index (κ1) is 24.1. The fourth-order valence-electron chi connectivity index (χ4n) is 3.54. The summed E-state index contributed by atoms with van der Waals surface area (Å²) in [6, 6.07) is 12.6. The molecule has 0 radical (unpaired) electrons. The zero-order chi connectivity index (χ0) is 25.1. The Hall–Kier alpha value is -4.06. The monoisotopic (exact) mass is 495 g/mol. The second kappa shape index (κ2) is 10.1. The maximum Gasteiger partial charge on any atom is 0.295 e. The van der Waals surface area contributed by atoms with Crippen LogP contribution in [0.15, 0.2) is 63.1 Å². The number of nitrogens with zero attached hydrogens (tertiary/aromatic N) is 5. The van der Waals surface area contributed by atoms with Crippen LogP contribution in [0.3, 0.4) is 0 Å². The number of hydrogen-bond donors (Lipinski definition) is 2. The van der Waals surface area contributed by atoms with Gasteiger partial charge in [-0.3, -0.25) is 23.6 Å². The van der Waals surface area contributed by atoms with Gasteiger partial charge in [0.25, 0.3) is 5.56 Å². The quantitative estimate of drug-likeness (QED) is 0.339. The van der Waals surface area contributed by atoms with Gasteiger partial charge in [0.15, 0.2) is 16.7 Å². The van der Waals surface area contributed by atoms with E-state index < -0.39 is 11.2 Å². The van der Waals surface area contributed by atoms with Gasteiger partial charge in [-0.15, -0.1) is 10.2 Å². The molecular weight excluding hydrogens is 470 g/mol. The lowest BCUT2D eigenvalue weighted by Gasteiger charge is -2.12. The molecule has 0 bridgehead atoms. The number of rotatable bonds is 9. The summed E-state index contributed by atoms with van der Waals surface area (Å²) in [6.45, 7) is 3.70. The number of furan rings is 1. The SMILES string of the molecule is Cc1c(NC(=O)C(C)Sc2nnc(-c3ccco3)n2CCC(N)=O)c(=O)n(-c2ccccc2)n1C. The smallest absolute Gasteiger partial charge is 0.295 e. The number of nitrogens with one attached hydrogen (secondary N) is 1. The van der Waals surface area contributed by atoms with Crippen molar-refractivity contribution in [1.82, 2.24) is 24.1 Å². The van der Waals surface area contributed by atoms with Gasteiger partial charge in [-0.25, -0.2) is 4.68 Å². The zero-order valence-electron chi connectivity index (χ0n) is 19.5. The molecule has 35 heavy (non-hydrogen) atoms. The van der Waals surface area contributed by atoms with E-state index in [2.05, 4.69) is 15.5 Å². The Labute approximate surface area is 204 Å². The molecule has 182 valence electrons. The van der Waals surface area contributed by atoms with Gasteiger partial charge < -0.3 is 15.5 Å². The standard InChI is InChI=1S/C23H25N7O4S/c1-14-19(22(33)30(28(14)3)16-8-5-4-6-9-16)25-21(32)15(2)35-23-27-26-20(17-10-7-13-34-17)29(23)12-11-18(24)31/h4-10,13,15H,11-12H2,1-3H3,(H2,24,31)(H,25,32). The van der Waals surface area contributed by atoms with Crippen molar-refractivity contribution in [3.05, 3.63) is 64.8 Å². The summed E-state index contributed by atoms with van der Waals surface area (Å²) in [5, 5.41) is 10.9. The molecule has 1 aromatic carbocycles. The van der Waals surface area contributed by atoms with Crippen molar-refractivity contribution in [2.75, 3.05) is 5.32 Å². The number of thioether (sulfide) groups is 1. The third kappa shape index (κ3) is 4.92. The molecule has 3 N–H and O–H groups in total. The maximum absolute atomic E-state index is 13.1. The van der Waals surface area contributed by atoms with Crippen LogP contribution in [0.25, 0.3) is 17.3 Å². The van der Waals surface area contributed by atoms with Crippen molar-refractivity contribution in [2.45, 2.75) is 37.2 Å². The van der Waals surface area contributed by atoms with Gasteiger partial charge in [-0.1, -0.05) is 30.0 Å². The number of para-hydroxylation sites is 1. The Bertz CT molecular complexity index is 1400. The van der Waals surface area contributed by atoms with E-state index in [-0.39, 0.29) is 30.1 Å². The average molecular weight is 496 g/mol. The highest BCUT2D eigenvalue weighted by atomic mass is 32.2. The lowest BCUT2D eigenvalue weighted by Crippen LogP contribution is -2.27. The molecule has 0 fully saturated rings. The summed E-state index contributed by atoms with van der Waals surface area (Å²) in [5.74, 6) is 0.0633. The number of carbonyl (C=O) groups excluding carboxylic acids is 2. The number of hydrogen-bond acceptors (Lipinski definition) is 7. The van der Waals surface area contributed by atoms with Gasteiger partial charge in [-0.2, -0.15) is 0 Å². The molecule has 0 saturated heterocycles. The molecule has 0 spiro atoms. The number of carbonyl (C=O) groups is 2. The normalized spacial score (nSPS) is 12.0. The van der Waals surface area contributed by atoms with Crippen molar-refractivity contribution in [2.24, 2.45) is 12.8 Å². The Morgan fingerprint density at radius 1 is 1.17 bits per heavy atom. The van der Waals surface area contributed by atoms with Crippen LogP contribution in [0.5, 0.6) is 0 Å². The van der Waals surface area contributed by atoms with Crippen molar-refractivity contribution in [1.29, 1.82) is 0 Å². The molecule has 1 unspecified atom stereocenters. The van der Waals surface area contributed by atoms with Crippen molar-refractivity contribution in [3.63, 3.8) is 0 Å². The molecular formula is C23H25N7O4S. The minimum atomic E-state index is -0.625. The first-order chi connectivity index (χ1) is 16.8. The van der Waals surface area contributed by atoms with Crippen LogP contribution >= 0.6 is 11.8 Å². The first-order valence-electron chi connectivity index (χ1n) is 10.8. The number of benzene rings is 1. The molecule has 4 aromatic rings. The van der Waals surface area contributed by atoms with Crippen LogP contribution in [0.1, 0.15) is 19.0 Å². The molecule has 11 nitrogen and oxygen atoms in total. The number of amides is 2. The number of aromatic nitrogens is 5. The summed E-state index contributed by atoms with van der Waals surface area (Å²) in [7, 11) is 1.76. The van der Waals surface area contributed by atoms with Crippen LogP contribution in [0.4, 0.5) is 5.69 Å². The fourth-order valence-corrected chi connectivity index (χ4v) is 4.41. The molecule has 0 aliphatic heterocycles. The predicted octanol–water partition coefficient (Wildman–Crippen LogP) is 2.33. The second-order valence-corrected chi connectivity index (χ2v) is 9.15. The molecule has 4 rings (SSSR count). The van der Waals surface area contributed by atoms with Gasteiger partial charge in [0, 0.05) is 20.0 Å². The van der Waals surface area contributed by atoms with Crippen LogP contribution in [-0.2, 0) is 23.2 Å². The topological polar surface area (TPSA) is 143 Å². The van der Waals surface area contributed by atoms with Gasteiger partial charge in [-0.05, 0) is 38.1 Å². The van der Waals surface area contributed by atoms with E-state index in [9.17, 15) is 14.4 Å². The molecule has 0 saturated carbocycles. The summed E-state index contributed by atoms with van der Waals surface area (Å²) >= 11 is 1.15. The molecule has 12 heteroatoms. The largest absolute Gasteiger partial charge is 0.461 e. The molecule has 3 aromatic heterocycles. The van der Waals surface area contributed by atoms with Gasteiger partial charge >= 0.3 is 0 Å². The van der Waals surface area contributed by atoms with Crippen molar-refractivity contribution >= 4 is 29.3 Å². The third-order valence-electron chi connectivity index (χ3n) is 5.49. The Balaban J connectivity index is 1.56. The molecule has 1 atom stereocenters. The molecule has 2 amide bonds. The lowest BCUT2D eigenvalue weighted by molar-refractivity contribution is -0.118.